The average Bonchev–Trinajstić information content (AvgIpc) is 2.16. The molecule has 19 heavy (non-hydrogen) atoms. The standard InChI is InChI=1S/C12H14BrF3N2O/c1-11(2,6-10(17)19)18-9-4-3-7(5-8(9)13)12(14,15)16/h3-5,18H,6H2,1-2H3,(H2,17,19). The van der Waals surface area contributed by atoms with E-state index in [1.807, 2.05) is 0 Å². The first-order chi connectivity index (χ1) is 8.51. The number of amides is 1. The van der Waals surface area contributed by atoms with Crippen LogP contribution in [0.1, 0.15) is 25.8 Å². The number of primary amides is 1. The van der Waals surface area contributed by atoms with Gasteiger partial charge in [0.2, 0.25) is 5.91 Å². The minimum atomic E-state index is -4.39. The molecule has 0 fully saturated rings. The van der Waals surface area contributed by atoms with Gasteiger partial charge in [-0.1, -0.05) is 0 Å². The number of nitrogens with two attached hydrogens (primary N) is 1. The lowest BCUT2D eigenvalue weighted by Gasteiger charge is -2.27. The van der Waals surface area contributed by atoms with Crippen molar-refractivity contribution in [1.82, 2.24) is 0 Å². The Kier molecular flexibility index (Phi) is 4.50. The van der Waals surface area contributed by atoms with Gasteiger partial charge in [0.1, 0.15) is 0 Å². The number of benzene rings is 1. The molecule has 7 heteroatoms. The van der Waals surface area contributed by atoms with Gasteiger partial charge in [0, 0.05) is 22.1 Å². The molecular weight excluding hydrogens is 325 g/mol. The van der Waals surface area contributed by atoms with Crippen LogP contribution in [-0.4, -0.2) is 11.4 Å². The van der Waals surface area contributed by atoms with Crippen molar-refractivity contribution in [2.24, 2.45) is 5.73 Å². The first-order valence-electron chi connectivity index (χ1n) is 5.44. The molecule has 1 aromatic carbocycles. The first kappa shape index (κ1) is 15.8. The summed E-state index contributed by atoms with van der Waals surface area (Å²) in [7, 11) is 0. The van der Waals surface area contributed by atoms with E-state index in [1.165, 1.54) is 6.07 Å². The number of anilines is 1. The van der Waals surface area contributed by atoms with E-state index < -0.39 is 23.2 Å². The predicted octanol–water partition coefficient (Wildman–Crippen LogP) is 3.53. The maximum Gasteiger partial charge on any atom is 0.416 e. The van der Waals surface area contributed by atoms with Crippen LogP contribution in [0.3, 0.4) is 0 Å². The Bertz CT molecular complexity index is 486. The molecule has 0 heterocycles. The molecule has 0 aliphatic carbocycles. The van der Waals surface area contributed by atoms with Crippen LogP contribution >= 0.6 is 15.9 Å². The number of halogens is 4. The Morgan fingerprint density at radius 3 is 2.37 bits per heavy atom. The summed E-state index contributed by atoms with van der Waals surface area (Å²) < 4.78 is 37.8. The zero-order valence-corrected chi connectivity index (χ0v) is 12.0. The number of hydrogen-bond acceptors (Lipinski definition) is 2. The molecule has 0 saturated carbocycles. The smallest absolute Gasteiger partial charge is 0.379 e. The quantitative estimate of drug-likeness (QED) is 0.882. The lowest BCUT2D eigenvalue weighted by Crippen LogP contribution is -2.36. The van der Waals surface area contributed by atoms with Crippen LogP contribution < -0.4 is 11.1 Å². The van der Waals surface area contributed by atoms with Crippen molar-refractivity contribution >= 4 is 27.5 Å². The molecule has 0 aromatic heterocycles. The Morgan fingerprint density at radius 2 is 1.95 bits per heavy atom. The van der Waals surface area contributed by atoms with Crippen molar-refractivity contribution in [2.75, 3.05) is 5.32 Å². The molecule has 0 saturated heterocycles. The second-order valence-electron chi connectivity index (χ2n) is 4.84. The van der Waals surface area contributed by atoms with Crippen molar-refractivity contribution in [1.29, 1.82) is 0 Å². The summed E-state index contributed by atoms with van der Waals surface area (Å²) in [5.41, 5.74) is 4.20. The molecule has 0 radical (unpaired) electrons. The maximum atomic E-state index is 12.5. The Morgan fingerprint density at radius 1 is 1.37 bits per heavy atom. The monoisotopic (exact) mass is 338 g/mol. The highest BCUT2D eigenvalue weighted by molar-refractivity contribution is 9.10. The van der Waals surface area contributed by atoms with E-state index in [0.29, 0.717) is 5.69 Å². The zero-order chi connectivity index (χ0) is 14.8. The van der Waals surface area contributed by atoms with E-state index in [2.05, 4.69) is 21.2 Å². The van der Waals surface area contributed by atoms with Crippen LogP contribution in [0.2, 0.25) is 0 Å². The molecule has 0 aliphatic rings. The van der Waals surface area contributed by atoms with Gasteiger partial charge in [-0.3, -0.25) is 4.79 Å². The van der Waals surface area contributed by atoms with Gasteiger partial charge < -0.3 is 11.1 Å². The summed E-state index contributed by atoms with van der Waals surface area (Å²) in [5.74, 6) is -0.486. The molecule has 0 unspecified atom stereocenters. The molecule has 0 spiro atoms. The van der Waals surface area contributed by atoms with Gasteiger partial charge in [-0.2, -0.15) is 13.2 Å². The van der Waals surface area contributed by atoms with Crippen LogP contribution in [0.15, 0.2) is 22.7 Å². The molecular formula is C12H14BrF3N2O. The maximum absolute atomic E-state index is 12.5. The van der Waals surface area contributed by atoms with E-state index in [-0.39, 0.29) is 10.9 Å². The number of nitrogens with one attached hydrogen (secondary N) is 1. The zero-order valence-electron chi connectivity index (χ0n) is 10.4. The summed E-state index contributed by atoms with van der Waals surface area (Å²) >= 11 is 3.08. The third-order valence-corrected chi connectivity index (χ3v) is 3.04. The van der Waals surface area contributed by atoms with Gasteiger partial charge in [-0.25, -0.2) is 0 Å². The summed E-state index contributed by atoms with van der Waals surface area (Å²) in [6.07, 6.45) is -4.32. The molecule has 3 N–H and O–H groups in total. The fourth-order valence-corrected chi connectivity index (χ4v) is 2.12. The number of hydrogen-bond donors (Lipinski definition) is 2. The molecule has 0 atom stereocenters. The topological polar surface area (TPSA) is 55.1 Å². The summed E-state index contributed by atoms with van der Waals surface area (Å²) in [5, 5.41) is 2.98. The van der Waals surface area contributed by atoms with Gasteiger partial charge in [-0.05, 0) is 48.0 Å². The van der Waals surface area contributed by atoms with Crippen LogP contribution in [0.4, 0.5) is 18.9 Å². The van der Waals surface area contributed by atoms with E-state index in [9.17, 15) is 18.0 Å². The SMILES string of the molecule is CC(C)(CC(N)=O)Nc1ccc(C(F)(F)F)cc1Br. The molecule has 0 bridgehead atoms. The van der Waals surface area contributed by atoms with Gasteiger partial charge in [-0.15, -0.1) is 0 Å². The summed E-state index contributed by atoms with van der Waals surface area (Å²) in [6, 6.07) is 3.28. The molecule has 106 valence electrons. The molecule has 3 nitrogen and oxygen atoms in total. The molecule has 1 aromatic rings. The largest absolute Gasteiger partial charge is 0.416 e. The molecule has 1 amide bonds. The number of rotatable bonds is 4. The third kappa shape index (κ3) is 4.74. The number of carbonyl (C=O) groups excluding carboxylic acids is 1. The lowest BCUT2D eigenvalue weighted by atomic mass is 9.99. The van der Waals surface area contributed by atoms with Crippen molar-refractivity contribution < 1.29 is 18.0 Å². The number of carbonyl (C=O) groups is 1. The Labute approximate surface area is 117 Å². The van der Waals surface area contributed by atoms with Crippen LogP contribution in [0.25, 0.3) is 0 Å². The highest BCUT2D eigenvalue weighted by Crippen LogP contribution is 2.34. The van der Waals surface area contributed by atoms with Crippen LogP contribution in [0.5, 0.6) is 0 Å². The van der Waals surface area contributed by atoms with E-state index in [0.717, 1.165) is 12.1 Å². The highest BCUT2D eigenvalue weighted by atomic mass is 79.9. The van der Waals surface area contributed by atoms with Crippen molar-refractivity contribution in [3.05, 3.63) is 28.2 Å². The fourth-order valence-electron chi connectivity index (χ4n) is 1.64. The fraction of sp³-hybridized carbons (Fsp3) is 0.417. The highest BCUT2D eigenvalue weighted by Gasteiger charge is 2.31. The van der Waals surface area contributed by atoms with Gasteiger partial charge in [0.25, 0.3) is 0 Å². The van der Waals surface area contributed by atoms with E-state index >= 15 is 0 Å². The second kappa shape index (κ2) is 5.40. The summed E-state index contributed by atoms with van der Waals surface area (Å²) in [4.78, 5) is 10.9. The number of alkyl halides is 3. The second-order valence-corrected chi connectivity index (χ2v) is 5.70. The minimum absolute atomic E-state index is 0.0699. The Hall–Kier alpha value is -1.24. The van der Waals surface area contributed by atoms with E-state index in [1.54, 1.807) is 13.8 Å². The first-order valence-corrected chi connectivity index (χ1v) is 6.24. The predicted molar refractivity (Wildman–Crippen MR) is 70.7 cm³/mol. The van der Waals surface area contributed by atoms with Crippen molar-refractivity contribution in [2.45, 2.75) is 32.0 Å². The van der Waals surface area contributed by atoms with Gasteiger partial charge >= 0.3 is 6.18 Å². The summed E-state index contributed by atoms with van der Waals surface area (Å²) in [6.45, 7) is 3.48. The van der Waals surface area contributed by atoms with E-state index in [4.69, 9.17) is 5.73 Å². The van der Waals surface area contributed by atoms with Crippen LogP contribution in [-0.2, 0) is 11.0 Å². The van der Waals surface area contributed by atoms with Crippen molar-refractivity contribution in [3.8, 4) is 0 Å². The van der Waals surface area contributed by atoms with Crippen LogP contribution in [0, 0.1) is 0 Å². The average molecular weight is 339 g/mol. The third-order valence-electron chi connectivity index (χ3n) is 2.39. The minimum Gasteiger partial charge on any atom is -0.379 e. The lowest BCUT2D eigenvalue weighted by molar-refractivity contribution is -0.137. The molecule has 1 rings (SSSR count). The molecule has 0 aliphatic heterocycles. The Balaban J connectivity index is 2.95. The van der Waals surface area contributed by atoms with Crippen molar-refractivity contribution in [3.63, 3.8) is 0 Å². The normalized spacial score (nSPS) is 12.3. The van der Waals surface area contributed by atoms with Gasteiger partial charge in [0.05, 0.1) is 5.56 Å². The van der Waals surface area contributed by atoms with Gasteiger partial charge in [0.15, 0.2) is 0 Å².